The van der Waals surface area contributed by atoms with Crippen molar-refractivity contribution in [3.05, 3.63) is 29.3 Å². The molecule has 0 spiro atoms. The van der Waals surface area contributed by atoms with Gasteiger partial charge in [0.15, 0.2) is 0 Å². The van der Waals surface area contributed by atoms with Crippen LogP contribution >= 0.6 is 0 Å². The molecule has 0 unspecified atom stereocenters. The Morgan fingerprint density at radius 1 is 1.29 bits per heavy atom. The number of halogens is 2. The number of phenols is 1. The van der Waals surface area contributed by atoms with Crippen LogP contribution in [0.2, 0.25) is 0 Å². The first-order valence-electron chi connectivity index (χ1n) is 5.70. The Kier molecular flexibility index (Phi) is 3.91. The summed E-state index contributed by atoms with van der Waals surface area (Å²) in [5.41, 5.74) is 0.539. The average molecular weight is 242 g/mol. The molecule has 1 fully saturated rings. The van der Waals surface area contributed by atoms with Crippen molar-refractivity contribution < 1.29 is 13.9 Å². The summed E-state index contributed by atoms with van der Waals surface area (Å²) < 4.78 is 25.1. The zero-order valence-corrected chi connectivity index (χ0v) is 9.50. The molecule has 3 nitrogen and oxygen atoms in total. The predicted molar refractivity (Wildman–Crippen MR) is 61.2 cm³/mol. The minimum absolute atomic E-state index is 0.0343. The SMILES string of the molecule is Oc1ccc(C(F)F)cc1CN1CCNCC1. The number of piperazine rings is 1. The highest BCUT2D eigenvalue weighted by molar-refractivity contribution is 5.36. The zero-order chi connectivity index (χ0) is 12.3. The molecule has 1 heterocycles. The number of hydrogen-bond donors (Lipinski definition) is 2. The first-order chi connectivity index (χ1) is 8.16. The van der Waals surface area contributed by atoms with Crippen molar-refractivity contribution in [2.45, 2.75) is 13.0 Å². The molecule has 2 N–H and O–H groups in total. The number of nitrogens with one attached hydrogen (secondary N) is 1. The van der Waals surface area contributed by atoms with Gasteiger partial charge in [0.25, 0.3) is 6.43 Å². The van der Waals surface area contributed by atoms with E-state index in [-0.39, 0.29) is 11.3 Å². The molecule has 0 aliphatic carbocycles. The summed E-state index contributed by atoms with van der Waals surface area (Å²) in [7, 11) is 0. The molecule has 0 radical (unpaired) electrons. The molecule has 94 valence electrons. The minimum Gasteiger partial charge on any atom is -0.508 e. The molecule has 1 saturated heterocycles. The molecule has 1 aliphatic heterocycles. The van der Waals surface area contributed by atoms with E-state index in [1.165, 1.54) is 18.2 Å². The topological polar surface area (TPSA) is 35.5 Å². The fraction of sp³-hybridized carbons (Fsp3) is 0.500. The molecule has 2 rings (SSSR count). The van der Waals surface area contributed by atoms with Gasteiger partial charge in [-0.25, -0.2) is 8.78 Å². The number of aromatic hydroxyl groups is 1. The Balaban J connectivity index is 2.10. The fourth-order valence-electron chi connectivity index (χ4n) is 1.98. The second kappa shape index (κ2) is 5.42. The summed E-state index contributed by atoms with van der Waals surface area (Å²) in [4.78, 5) is 2.14. The van der Waals surface area contributed by atoms with Crippen LogP contribution in [0.1, 0.15) is 17.6 Å². The third kappa shape index (κ3) is 3.14. The quantitative estimate of drug-likeness (QED) is 0.847. The molecule has 1 aromatic carbocycles. The standard InChI is InChI=1S/C12H16F2N2O/c13-12(14)9-1-2-11(17)10(7-9)8-16-5-3-15-4-6-16/h1-2,7,12,15,17H,3-6,8H2. The van der Waals surface area contributed by atoms with Crippen molar-refractivity contribution >= 4 is 0 Å². The van der Waals surface area contributed by atoms with Gasteiger partial charge in [0, 0.05) is 43.9 Å². The molecule has 17 heavy (non-hydrogen) atoms. The maximum Gasteiger partial charge on any atom is 0.263 e. The van der Waals surface area contributed by atoms with Gasteiger partial charge in [-0.15, -0.1) is 0 Å². The Morgan fingerprint density at radius 2 is 2.00 bits per heavy atom. The zero-order valence-electron chi connectivity index (χ0n) is 9.50. The highest BCUT2D eigenvalue weighted by atomic mass is 19.3. The normalized spacial score (nSPS) is 17.6. The Hall–Kier alpha value is -1.20. The number of phenolic OH excluding ortho intramolecular Hbond substituents is 1. The van der Waals surface area contributed by atoms with E-state index in [4.69, 9.17) is 0 Å². The molecule has 1 aliphatic rings. The number of rotatable bonds is 3. The molecule has 0 aromatic heterocycles. The molecular formula is C12H16F2N2O. The van der Waals surface area contributed by atoms with Crippen LogP contribution in [0.4, 0.5) is 8.78 Å². The Labute approximate surface area is 99.1 Å². The van der Waals surface area contributed by atoms with Gasteiger partial charge in [-0.05, 0) is 18.2 Å². The van der Waals surface area contributed by atoms with Gasteiger partial charge < -0.3 is 10.4 Å². The lowest BCUT2D eigenvalue weighted by molar-refractivity contribution is 0.151. The van der Waals surface area contributed by atoms with E-state index >= 15 is 0 Å². The number of benzene rings is 1. The van der Waals surface area contributed by atoms with Gasteiger partial charge in [0.2, 0.25) is 0 Å². The van der Waals surface area contributed by atoms with Crippen LogP contribution in [0.25, 0.3) is 0 Å². The number of alkyl halides is 2. The lowest BCUT2D eigenvalue weighted by atomic mass is 10.1. The molecular weight excluding hydrogens is 226 g/mol. The van der Waals surface area contributed by atoms with E-state index < -0.39 is 6.43 Å². The second-order valence-electron chi connectivity index (χ2n) is 4.21. The van der Waals surface area contributed by atoms with Crippen molar-refractivity contribution in [3.63, 3.8) is 0 Å². The van der Waals surface area contributed by atoms with Crippen LogP contribution in [-0.2, 0) is 6.54 Å². The highest BCUT2D eigenvalue weighted by Gasteiger charge is 2.14. The van der Waals surface area contributed by atoms with Gasteiger partial charge >= 0.3 is 0 Å². The number of nitrogens with zero attached hydrogens (tertiary/aromatic N) is 1. The van der Waals surface area contributed by atoms with Crippen molar-refractivity contribution in [1.82, 2.24) is 10.2 Å². The summed E-state index contributed by atoms with van der Waals surface area (Å²) in [6.45, 7) is 4.06. The van der Waals surface area contributed by atoms with Crippen molar-refractivity contribution in [2.24, 2.45) is 0 Å². The Morgan fingerprint density at radius 3 is 2.65 bits per heavy atom. The van der Waals surface area contributed by atoms with Crippen LogP contribution in [0.3, 0.4) is 0 Å². The average Bonchev–Trinajstić information content (AvgIpc) is 2.33. The molecule has 0 saturated carbocycles. The summed E-state index contributed by atoms with van der Waals surface area (Å²) in [6, 6.07) is 4.00. The minimum atomic E-state index is -2.49. The monoisotopic (exact) mass is 242 g/mol. The van der Waals surface area contributed by atoms with Gasteiger partial charge in [0.1, 0.15) is 5.75 Å². The van der Waals surface area contributed by atoms with Gasteiger partial charge in [-0.1, -0.05) is 0 Å². The van der Waals surface area contributed by atoms with Crippen molar-refractivity contribution in [3.8, 4) is 5.75 Å². The van der Waals surface area contributed by atoms with Crippen LogP contribution in [0.5, 0.6) is 5.75 Å². The number of hydrogen-bond acceptors (Lipinski definition) is 3. The third-order valence-corrected chi connectivity index (χ3v) is 2.96. The maximum atomic E-state index is 12.6. The summed E-state index contributed by atoms with van der Waals surface area (Å²) in [5.74, 6) is 0.0907. The molecule has 0 atom stereocenters. The van der Waals surface area contributed by atoms with E-state index in [9.17, 15) is 13.9 Å². The molecule has 0 amide bonds. The first-order valence-corrected chi connectivity index (χ1v) is 5.70. The summed E-state index contributed by atoms with van der Waals surface area (Å²) >= 11 is 0. The predicted octanol–water partition coefficient (Wildman–Crippen LogP) is 1.73. The fourth-order valence-corrected chi connectivity index (χ4v) is 1.98. The first kappa shape index (κ1) is 12.3. The van der Waals surface area contributed by atoms with Crippen LogP contribution in [0.15, 0.2) is 18.2 Å². The van der Waals surface area contributed by atoms with Gasteiger partial charge in [-0.3, -0.25) is 4.90 Å². The second-order valence-corrected chi connectivity index (χ2v) is 4.21. The largest absolute Gasteiger partial charge is 0.508 e. The van der Waals surface area contributed by atoms with Crippen LogP contribution in [0, 0.1) is 0 Å². The van der Waals surface area contributed by atoms with Crippen molar-refractivity contribution in [2.75, 3.05) is 26.2 Å². The highest BCUT2D eigenvalue weighted by Crippen LogP contribution is 2.26. The lowest BCUT2D eigenvalue weighted by Gasteiger charge is -2.27. The van der Waals surface area contributed by atoms with Crippen LogP contribution in [-0.4, -0.2) is 36.2 Å². The third-order valence-electron chi connectivity index (χ3n) is 2.96. The summed E-state index contributed by atoms with van der Waals surface area (Å²) in [6.07, 6.45) is -2.49. The van der Waals surface area contributed by atoms with Gasteiger partial charge in [0.05, 0.1) is 0 Å². The van der Waals surface area contributed by atoms with E-state index in [2.05, 4.69) is 10.2 Å². The Bertz CT molecular complexity index is 379. The molecule has 0 bridgehead atoms. The molecule has 1 aromatic rings. The maximum absolute atomic E-state index is 12.6. The van der Waals surface area contributed by atoms with Gasteiger partial charge in [-0.2, -0.15) is 0 Å². The van der Waals surface area contributed by atoms with E-state index in [0.717, 1.165) is 26.2 Å². The van der Waals surface area contributed by atoms with Crippen molar-refractivity contribution in [1.29, 1.82) is 0 Å². The smallest absolute Gasteiger partial charge is 0.263 e. The molecule has 5 heteroatoms. The van der Waals surface area contributed by atoms with E-state index in [1.54, 1.807) is 0 Å². The van der Waals surface area contributed by atoms with E-state index in [1.807, 2.05) is 0 Å². The van der Waals surface area contributed by atoms with E-state index in [0.29, 0.717) is 12.1 Å². The summed E-state index contributed by atoms with van der Waals surface area (Å²) in [5, 5.41) is 12.9. The lowest BCUT2D eigenvalue weighted by Crippen LogP contribution is -2.42. The van der Waals surface area contributed by atoms with Crippen LogP contribution < -0.4 is 5.32 Å².